The molecule has 2 aromatic rings. The first-order valence-electron chi connectivity index (χ1n) is 6.50. The number of hydrogen-bond donors (Lipinski definition) is 1. The van der Waals surface area contributed by atoms with Gasteiger partial charge in [0.05, 0.1) is 0 Å². The molecule has 0 unspecified atom stereocenters. The molecule has 0 aliphatic carbocycles. The van der Waals surface area contributed by atoms with Crippen molar-refractivity contribution in [3.8, 4) is 0 Å². The summed E-state index contributed by atoms with van der Waals surface area (Å²) in [5.74, 6) is -0.107. The molecule has 3 nitrogen and oxygen atoms in total. The molecule has 19 heavy (non-hydrogen) atoms. The largest absolute Gasteiger partial charge is 0.351 e. The van der Waals surface area contributed by atoms with Crippen molar-refractivity contribution in [1.82, 2.24) is 10.3 Å². The quantitative estimate of drug-likeness (QED) is 0.834. The maximum absolute atomic E-state index is 11.7. The van der Waals surface area contributed by atoms with Crippen LogP contribution in [0, 0.1) is 6.92 Å². The van der Waals surface area contributed by atoms with Crippen molar-refractivity contribution in [2.75, 3.05) is 6.54 Å². The Kier molecular flexibility index (Phi) is 4.67. The lowest BCUT2D eigenvalue weighted by Crippen LogP contribution is -2.25. The Labute approximate surface area is 113 Å². The zero-order valence-electron chi connectivity index (χ0n) is 11.1. The van der Waals surface area contributed by atoms with Crippen LogP contribution in [0.2, 0.25) is 0 Å². The number of carbonyl (C=O) groups excluding carboxylic acids is 1. The van der Waals surface area contributed by atoms with E-state index in [0.717, 1.165) is 12.8 Å². The monoisotopic (exact) mass is 254 g/mol. The molecule has 1 amide bonds. The first-order valence-corrected chi connectivity index (χ1v) is 6.50. The Morgan fingerprint density at radius 3 is 2.84 bits per heavy atom. The summed E-state index contributed by atoms with van der Waals surface area (Å²) in [4.78, 5) is 15.8. The summed E-state index contributed by atoms with van der Waals surface area (Å²) in [7, 11) is 0. The van der Waals surface area contributed by atoms with Gasteiger partial charge >= 0.3 is 0 Å². The van der Waals surface area contributed by atoms with Crippen LogP contribution in [0.4, 0.5) is 0 Å². The molecule has 1 aromatic heterocycles. The number of aryl methyl sites for hydroxylation is 2. The van der Waals surface area contributed by atoms with E-state index < -0.39 is 0 Å². The predicted molar refractivity (Wildman–Crippen MR) is 76.1 cm³/mol. The molecule has 0 saturated carbocycles. The number of nitrogens with zero attached hydrogens (tertiary/aromatic N) is 1. The molecule has 0 spiro atoms. The molecule has 2 rings (SSSR count). The van der Waals surface area contributed by atoms with E-state index in [-0.39, 0.29) is 5.91 Å². The van der Waals surface area contributed by atoms with Gasteiger partial charge in [0.2, 0.25) is 0 Å². The van der Waals surface area contributed by atoms with E-state index in [4.69, 9.17) is 0 Å². The zero-order chi connectivity index (χ0) is 13.5. The number of amides is 1. The maximum atomic E-state index is 11.7. The van der Waals surface area contributed by atoms with Gasteiger partial charge < -0.3 is 5.32 Å². The molecule has 0 atom stereocenters. The molecule has 1 aromatic carbocycles. The zero-order valence-corrected chi connectivity index (χ0v) is 11.1. The lowest BCUT2D eigenvalue weighted by atomic mass is 10.1. The van der Waals surface area contributed by atoms with Crippen molar-refractivity contribution in [3.05, 3.63) is 65.5 Å². The van der Waals surface area contributed by atoms with Crippen LogP contribution in [0.25, 0.3) is 0 Å². The third-order valence-electron chi connectivity index (χ3n) is 2.91. The third kappa shape index (κ3) is 4.21. The van der Waals surface area contributed by atoms with Crippen molar-refractivity contribution in [3.63, 3.8) is 0 Å². The average Bonchev–Trinajstić information content (AvgIpc) is 2.44. The van der Waals surface area contributed by atoms with Crippen LogP contribution in [0.5, 0.6) is 0 Å². The molecule has 1 heterocycles. The van der Waals surface area contributed by atoms with Crippen LogP contribution in [-0.2, 0) is 6.42 Å². The van der Waals surface area contributed by atoms with Crippen LogP contribution < -0.4 is 5.32 Å². The molecule has 0 bridgehead atoms. The van der Waals surface area contributed by atoms with E-state index in [2.05, 4.69) is 41.5 Å². The standard InChI is InChI=1S/C16H18N2O/c1-13-6-4-7-14(12-13)8-5-11-18-16(19)15-9-2-3-10-17-15/h2-4,6-7,9-10,12H,5,8,11H2,1H3,(H,18,19). The summed E-state index contributed by atoms with van der Waals surface area (Å²) in [5, 5.41) is 2.88. The third-order valence-corrected chi connectivity index (χ3v) is 2.91. The van der Waals surface area contributed by atoms with Crippen LogP contribution in [-0.4, -0.2) is 17.4 Å². The highest BCUT2D eigenvalue weighted by molar-refractivity contribution is 5.92. The summed E-state index contributed by atoms with van der Waals surface area (Å²) in [6, 6.07) is 13.8. The second-order valence-corrected chi connectivity index (χ2v) is 4.56. The number of carbonyl (C=O) groups is 1. The van der Waals surface area contributed by atoms with Crippen LogP contribution in [0.1, 0.15) is 28.0 Å². The second kappa shape index (κ2) is 6.69. The normalized spacial score (nSPS) is 10.2. The summed E-state index contributed by atoms with van der Waals surface area (Å²) in [6.45, 7) is 2.76. The second-order valence-electron chi connectivity index (χ2n) is 4.56. The van der Waals surface area contributed by atoms with Gasteiger partial charge in [-0.3, -0.25) is 9.78 Å². The SMILES string of the molecule is Cc1cccc(CCCNC(=O)c2ccccn2)c1. The Morgan fingerprint density at radius 2 is 2.11 bits per heavy atom. The Hall–Kier alpha value is -2.16. The van der Waals surface area contributed by atoms with Crippen molar-refractivity contribution >= 4 is 5.91 Å². The molecule has 0 fully saturated rings. The van der Waals surface area contributed by atoms with E-state index >= 15 is 0 Å². The molecule has 0 aliphatic heterocycles. The summed E-state index contributed by atoms with van der Waals surface area (Å²) >= 11 is 0. The summed E-state index contributed by atoms with van der Waals surface area (Å²) < 4.78 is 0. The number of benzene rings is 1. The van der Waals surface area contributed by atoms with Crippen LogP contribution in [0.3, 0.4) is 0 Å². The van der Waals surface area contributed by atoms with E-state index in [1.165, 1.54) is 11.1 Å². The molecule has 0 aliphatic rings. The molecule has 0 radical (unpaired) electrons. The van der Waals surface area contributed by atoms with E-state index in [9.17, 15) is 4.79 Å². The number of aromatic nitrogens is 1. The van der Waals surface area contributed by atoms with Gasteiger partial charge in [0, 0.05) is 12.7 Å². The van der Waals surface area contributed by atoms with Gasteiger partial charge in [0.1, 0.15) is 5.69 Å². The van der Waals surface area contributed by atoms with E-state index in [1.54, 1.807) is 18.3 Å². The molecular weight excluding hydrogens is 236 g/mol. The van der Waals surface area contributed by atoms with Crippen LogP contribution in [0.15, 0.2) is 48.7 Å². The van der Waals surface area contributed by atoms with Gasteiger partial charge in [0.25, 0.3) is 5.91 Å². The van der Waals surface area contributed by atoms with Gasteiger partial charge in [0.15, 0.2) is 0 Å². The first kappa shape index (κ1) is 13.3. The Balaban J connectivity index is 1.74. The molecule has 1 N–H and O–H groups in total. The highest BCUT2D eigenvalue weighted by Gasteiger charge is 2.04. The Morgan fingerprint density at radius 1 is 1.21 bits per heavy atom. The highest BCUT2D eigenvalue weighted by atomic mass is 16.1. The van der Waals surface area contributed by atoms with Gasteiger partial charge in [-0.15, -0.1) is 0 Å². The minimum atomic E-state index is -0.107. The predicted octanol–water partition coefficient (Wildman–Crippen LogP) is 2.75. The minimum absolute atomic E-state index is 0.107. The lowest BCUT2D eigenvalue weighted by Gasteiger charge is -2.05. The van der Waals surface area contributed by atoms with Gasteiger partial charge in [-0.2, -0.15) is 0 Å². The Bertz CT molecular complexity index is 537. The molecule has 3 heteroatoms. The van der Waals surface area contributed by atoms with E-state index in [0.29, 0.717) is 12.2 Å². The number of hydrogen-bond acceptors (Lipinski definition) is 2. The average molecular weight is 254 g/mol. The van der Waals surface area contributed by atoms with Crippen LogP contribution >= 0.6 is 0 Å². The summed E-state index contributed by atoms with van der Waals surface area (Å²) in [6.07, 6.45) is 3.54. The number of pyridine rings is 1. The number of rotatable bonds is 5. The lowest BCUT2D eigenvalue weighted by molar-refractivity contribution is 0.0948. The van der Waals surface area contributed by atoms with Gasteiger partial charge in [-0.1, -0.05) is 35.9 Å². The molecule has 0 saturated heterocycles. The minimum Gasteiger partial charge on any atom is -0.351 e. The van der Waals surface area contributed by atoms with Gasteiger partial charge in [-0.25, -0.2) is 0 Å². The highest BCUT2D eigenvalue weighted by Crippen LogP contribution is 2.06. The fraction of sp³-hybridized carbons (Fsp3) is 0.250. The summed E-state index contributed by atoms with van der Waals surface area (Å²) in [5.41, 5.74) is 3.06. The van der Waals surface area contributed by atoms with Crippen molar-refractivity contribution in [2.24, 2.45) is 0 Å². The van der Waals surface area contributed by atoms with Gasteiger partial charge in [-0.05, 0) is 37.5 Å². The van der Waals surface area contributed by atoms with E-state index in [1.807, 2.05) is 6.07 Å². The first-order chi connectivity index (χ1) is 9.25. The number of nitrogens with one attached hydrogen (secondary N) is 1. The molecular formula is C16H18N2O. The van der Waals surface area contributed by atoms with Crippen molar-refractivity contribution < 1.29 is 4.79 Å². The molecule has 98 valence electrons. The fourth-order valence-electron chi connectivity index (χ4n) is 1.95. The maximum Gasteiger partial charge on any atom is 0.269 e. The fourth-order valence-corrected chi connectivity index (χ4v) is 1.95. The smallest absolute Gasteiger partial charge is 0.269 e. The van der Waals surface area contributed by atoms with Crippen molar-refractivity contribution in [1.29, 1.82) is 0 Å². The van der Waals surface area contributed by atoms with Crippen molar-refractivity contribution in [2.45, 2.75) is 19.8 Å². The topological polar surface area (TPSA) is 42.0 Å².